The maximum atomic E-state index is 11.8. The van der Waals surface area contributed by atoms with Gasteiger partial charge in [-0.15, -0.1) is 0 Å². The highest BCUT2D eigenvalue weighted by Crippen LogP contribution is 2.17. The summed E-state index contributed by atoms with van der Waals surface area (Å²) < 4.78 is 0. The average molecular weight is 301 g/mol. The zero-order valence-corrected chi connectivity index (χ0v) is 13.0. The molecule has 2 rings (SSSR count). The van der Waals surface area contributed by atoms with Gasteiger partial charge in [-0.25, -0.2) is 5.43 Å². The Hall–Kier alpha value is -2.17. The molecule has 1 aromatic rings. The summed E-state index contributed by atoms with van der Waals surface area (Å²) in [5.41, 5.74) is 4.04. The fourth-order valence-corrected chi connectivity index (χ4v) is 2.60. The molecule has 0 bridgehead atoms. The van der Waals surface area contributed by atoms with Gasteiger partial charge >= 0.3 is 0 Å². The molecule has 5 nitrogen and oxygen atoms in total. The number of amides is 2. The Labute approximate surface area is 131 Å². The second-order valence-corrected chi connectivity index (χ2v) is 5.77. The van der Waals surface area contributed by atoms with Crippen LogP contribution in [0.4, 0.5) is 0 Å². The Morgan fingerprint density at radius 3 is 2.50 bits per heavy atom. The summed E-state index contributed by atoms with van der Waals surface area (Å²) >= 11 is 0. The van der Waals surface area contributed by atoms with Crippen molar-refractivity contribution < 1.29 is 9.59 Å². The van der Waals surface area contributed by atoms with E-state index >= 15 is 0 Å². The first kappa shape index (κ1) is 16.2. The lowest BCUT2D eigenvalue weighted by molar-refractivity contribution is -0.121. The highest BCUT2D eigenvalue weighted by atomic mass is 16.2. The number of hydrogen-bond acceptors (Lipinski definition) is 3. The van der Waals surface area contributed by atoms with Gasteiger partial charge in [0.25, 0.3) is 0 Å². The van der Waals surface area contributed by atoms with Crippen LogP contribution in [0.25, 0.3) is 0 Å². The first-order chi connectivity index (χ1) is 10.6. The number of nitrogens with one attached hydrogen (secondary N) is 2. The molecule has 1 fully saturated rings. The number of hydrogen-bond donors (Lipinski definition) is 2. The van der Waals surface area contributed by atoms with Gasteiger partial charge in [0.15, 0.2) is 0 Å². The normalized spacial score (nSPS) is 15.6. The van der Waals surface area contributed by atoms with E-state index in [1.807, 2.05) is 30.3 Å². The molecule has 0 unspecified atom stereocenters. The van der Waals surface area contributed by atoms with Crippen molar-refractivity contribution in [2.24, 2.45) is 5.10 Å². The van der Waals surface area contributed by atoms with Crippen LogP contribution in [0.15, 0.2) is 35.4 Å². The largest absolute Gasteiger partial charge is 0.353 e. The van der Waals surface area contributed by atoms with E-state index in [9.17, 15) is 9.59 Å². The van der Waals surface area contributed by atoms with E-state index in [0.717, 1.165) is 18.4 Å². The number of hydrazone groups is 1. The molecular formula is C17H23N3O2. The van der Waals surface area contributed by atoms with Gasteiger partial charge in [0.05, 0.1) is 12.8 Å². The molecule has 0 aromatic heterocycles. The zero-order valence-electron chi connectivity index (χ0n) is 13.0. The van der Waals surface area contributed by atoms with E-state index in [4.69, 9.17) is 0 Å². The van der Waals surface area contributed by atoms with E-state index in [2.05, 4.69) is 15.8 Å². The van der Waals surface area contributed by atoms with Crippen molar-refractivity contribution in [3.05, 3.63) is 35.9 Å². The van der Waals surface area contributed by atoms with Crippen molar-refractivity contribution in [2.45, 2.75) is 51.5 Å². The van der Waals surface area contributed by atoms with Crippen LogP contribution in [0.2, 0.25) is 0 Å². The molecule has 2 N–H and O–H groups in total. The van der Waals surface area contributed by atoms with Crippen LogP contribution < -0.4 is 10.7 Å². The lowest BCUT2D eigenvalue weighted by atomic mass is 10.1. The molecule has 0 saturated heterocycles. The number of carbonyl (C=O) groups is 2. The highest BCUT2D eigenvalue weighted by molar-refractivity contribution is 6.00. The van der Waals surface area contributed by atoms with Crippen LogP contribution >= 0.6 is 0 Å². The van der Waals surface area contributed by atoms with Crippen molar-refractivity contribution in [2.75, 3.05) is 0 Å². The number of benzene rings is 1. The van der Waals surface area contributed by atoms with E-state index in [0.29, 0.717) is 11.8 Å². The molecule has 5 heteroatoms. The molecule has 22 heavy (non-hydrogen) atoms. The molecule has 1 aliphatic carbocycles. The molecular weight excluding hydrogens is 278 g/mol. The third-order valence-corrected chi connectivity index (χ3v) is 3.72. The summed E-state index contributed by atoms with van der Waals surface area (Å²) in [6.45, 7) is 1.75. The summed E-state index contributed by atoms with van der Waals surface area (Å²) in [7, 11) is 0. The smallest absolute Gasteiger partial charge is 0.244 e. The Morgan fingerprint density at radius 2 is 1.82 bits per heavy atom. The van der Waals surface area contributed by atoms with Gasteiger partial charge in [0.2, 0.25) is 11.8 Å². The van der Waals surface area contributed by atoms with Gasteiger partial charge in [-0.1, -0.05) is 43.2 Å². The standard InChI is InChI=1S/C17H23N3O2/c1-13(11-16(21)18-15-9-5-6-10-15)19-20-17(22)12-14-7-3-2-4-8-14/h2-4,7-8,15H,5-6,9-12H2,1H3,(H,18,21)(H,20,22)/b19-13+. The van der Waals surface area contributed by atoms with Crippen molar-refractivity contribution in [1.29, 1.82) is 0 Å². The third-order valence-electron chi connectivity index (χ3n) is 3.72. The average Bonchev–Trinajstić information content (AvgIpc) is 2.99. The van der Waals surface area contributed by atoms with E-state index in [1.165, 1.54) is 12.8 Å². The van der Waals surface area contributed by atoms with E-state index in [-0.39, 0.29) is 24.7 Å². The number of nitrogens with zero attached hydrogens (tertiary/aromatic N) is 1. The minimum absolute atomic E-state index is 0.0227. The number of carbonyl (C=O) groups excluding carboxylic acids is 2. The van der Waals surface area contributed by atoms with Crippen LogP contribution in [0.1, 0.15) is 44.6 Å². The molecule has 0 aliphatic heterocycles. The second-order valence-electron chi connectivity index (χ2n) is 5.77. The highest BCUT2D eigenvalue weighted by Gasteiger charge is 2.17. The van der Waals surface area contributed by atoms with Gasteiger partial charge < -0.3 is 5.32 Å². The molecule has 0 atom stereocenters. The first-order valence-electron chi connectivity index (χ1n) is 7.79. The molecule has 118 valence electrons. The summed E-state index contributed by atoms with van der Waals surface area (Å²) in [4.78, 5) is 23.6. The topological polar surface area (TPSA) is 70.6 Å². The maximum absolute atomic E-state index is 11.8. The molecule has 0 heterocycles. The maximum Gasteiger partial charge on any atom is 0.244 e. The van der Waals surface area contributed by atoms with Crippen LogP contribution in [0.5, 0.6) is 0 Å². The third kappa shape index (κ3) is 5.68. The summed E-state index contributed by atoms with van der Waals surface area (Å²) in [6.07, 6.45) is 5.01. The SMILES string of the molecule is C/C(CC(=O)NC1CCCC1)=N\NC(=O)Cc1ccccc1. The Balaban J connectivity index is 1.72. The summed E-state index contributed by atoms with van der Waals surface area (Å²) in [5, 5.41) is 7.00. The Morgan fingerprint density at radius 1 is 1.14 bits per heavy atom. The molecule has 0 radical (unpaired) electrons. The Kier molecular flexibility index (Phi) is 6.13. The van der Waals surface area contributed by atoms with Crippen LogP contribution in [-0.4, -0.2) is 23.6 Å². The monoisotopic (exact) mass is 301 g/mol. The molecule has 1 saturated carbocycles. The summed E-state index contributed by atoms with van der Waals surface area (Å²) in [5.74, 6) is -0.202. The minimum Gasteiger partial charge on any atom is -0.353 e. The second kappa shape index (κ2) is 8.32. The quantitative estimate of drug-likeness (QED) is 0.624. The predicted octanol–water partition coefficient (Wildman–Crippen LogP) is 2.17. The van der Waals surface area contributed by atoms with Gasteiger partial charge in [-0.3, -0.25) is 9.59 Å². The molecule has 1 aliphatic rings. The zero-order chi connectivity index (χ0) is 15.8. The van der Waals surface area contributed by atoms with Crippen LogP contribution in [0, 0.1) is 0 Å². The van der Waals surface area contributed by atoms with Crippen molar-refractivity contribution >= 4 is 17.5 Å². The lowest BCUT2D eigenvalue weighted by Crippen LogP contribution is -2.34. The molecule has 1 aromatic carbocycles. The van der Waals surface area contributed by atoms with E-state index < -0.39 is 0 Å². The van der Waals surface area contributed by atoms with Crippen LogP contribution in [0.3, 0.4) is 0 Å². The van der Waals surface area contributed by atoms with Crippen molar-refractivity contribution in [1.82, 2.24) is 10.7 Å². The van der Waals surface area contributed by atoms with Gasteiger partial charge in [0, 0.05) is 11.8 Å². The van der Waals surface area contributed by atoms with Crippen molar-refractivity contribution in [3.63, 3.8) is 0 Å². The lowest BCUT2D eigenvalue weighted by Gasteiger charge is -2.11. The minimum atomic E-state index is -0.179. The number of rotatable bonds is 6. The fraction of sp³-hybridized carbons (Fsp3) is 0.471. The predicted molar refractivity (Wildman–Crippen MR) is 86.4 cm³/mol. The van der Waals surface area contributed by atoms with Crippen LogP contribution in [-0.2, 0) is 16.0 Å². The summed E-state index contributed by atoms with van der Waals surface area (Å²) in [6, 6.07) is 9.80. The van der Waals surface area contributed by atoms with Gasteiger partial charge in [-0.2, -0.15) is 5.10 Å². The van der Waals surface area contributed by atoms with Crippen molar-refractivity contribution in [3.8, 4) is 0 Å². The van der Waals surface area contributed by atoms with Gasteiger partial charge in [-0.05, 0) is 25.3 Å². The fourth-order valence-electron chi connectivity index (χ4n) is 2.60. The Bertz CT molecular complexity index is 534. The van der Waals surface area contributed by atoms with Gasteiger partial charge in [0.1, 0.15) is 0 Å². The first-order valence-corrected chi connectivity index (χ1v) is 7.79. The molecule has 0 spiro atoms. The molecule has 2 amide bonds. The van der Waals surface area contributed by atoms with E-state index in [1.54, 1.807) is 6.92 Å².